The van der Waals surface area contributed by atoms with E-state index < -0.39 is 5.56 Å². The molecule has 0 spiro atoms. The molecule has 0 bridgehead atoms. The van der Waals surface area contributed by atoms with Crippen LogP contribution in [-0.2, 0) is 0 Å². The van der Waals surface area contributed by atoms with Crippen molar-refractivity contribution in [2.24, 2.45) is 5.92 Å². The van der Waals surface area contributed by atoms with E-state index in [-0.39, 0.29) is 17.5 Å². The Kier molecular flexibility index (Phi) is 2.38. The van der Waals surface area contributed by atoms with Gasteiger partial charge in [0.2, 0.25) is 0 Å². The number of anilines is 1. The summed E-state index contributed by atoms with van der Waals surface area (Å²) in [5.41, 5.74) is 4.87. The molecule has 82 valence electrons. The van der Waals surface area contributed by atoms with Gasteiger partial charge in [-0.25, -0.2) is 4.79 Å². The molecule has 2 unspecified atom stereocenters. The first-order valence-electron chi connectivity index (χ1n) is 5.19. The molecule has 5 nitrogen and oxygen atoms in total. The second kappa shape index (κ2) is 3.56. The van der Waals surface area contributed by atoms with Gasteiger partial charge in [-0.2, -0.15) is 0 Å². The van der Waals surface area contributed by atoms with Crippen molar-refractivity contribution in [3.05, 3.63) is 26.9 Å². The predicted octanol–water partition coefficient (Wildman–Crippen LogP) is 0.480. The van der Waals surface area contributed by atoms with Crippen LogP contribution in [-0.4, -0.2) is 9.55 Å². The first-order valence-corrected chi connectivity index (χ1v) is 5.19. The molecule has 1 aliphatic rings. The lowest BCUT2D eigenvalue weighted by Crippen LogP contribution is -2.33. The van der Waals surface area contributed by atoms with E-state index in [9.17, 15) is 9.59 Å². The minimum atomic E-state index is -0.431. The first kappa shape index (κ1) is 10.0. The van der Waals surface area contributed by atoms with Crippen LogP contribution in [0.5, 0.6) is 0 Å². The number of aromatic nitrogens is 2. The molecule has 1 aromatic heterocycles. The van der Waals surface area contributed by atoms with E-state index in [2.05, 4.69) is 11.9 Å². The monoisotopic (exact) mass is 209 g/mol. The fourth-order valence-electron chi connectivity index (χ4n) is 2.31. The summed E-state index contributed by atoms with van der Waals surface area (Å²) in [5, 5.41) is 0. The molecule has 1 aromatic rings. The van der Waals surface area contributed by atoms with Crippen molar-refractivity contribution in [2.45, 2.75) is 32.2 Å². The quantitative estimate of drug-likeness (QED) is 0.705. The summed E-state index contributed by atoms with van der Waals surface area (Å²) in [7, 11) is 0. The van der Waals surface area contributed by atoms with E-state index in [1.165, 1.54) is 10.6 Å². The summed E-state index contributed by atoms with van der Waals surface area (Å²) in [6, 6.07) is 1.41. The predicted molar refractivity (Wildman–Crippen MR) is 57.8 cm³/mol. The molecular formula is C10H15N3O2. The van der Waals surface area contributed by atoms with Gasteiger partial charge < -0.3 is 5.73 Å². The highest BCUT2D eigenvalue weighted by Gasteiger charge is 2.24. The Morgan fingerprint density at radius 3 is 2.73 bits per heavy atom. The van der Waals surface area contributed by atoms with E-state index in [4.69, 9.17) is 5.73 Å². The van der Waals surface area contributed by atoms with Gasteiger partial charge in [-0.1, -0.05) is 6.92 Å². The van der Waals surface area contributed by atoms with E-state index in [0.717, 1.165) is 19.3 Å². The average molecular weight is 209 g/mol. The molecule has 1 saturated carbocycles. The Morgan fingerprint density at radius 1 is 1.47 bits per heavy atom. The lowest BCUT2D eigenvalue weighted by atomic mass is 10.1. The molecule has 0 amide bonds. The van der Waals surface area contributed by atoms with E-state index in [0.29, 0.717) is 5.92 Å². The molecule has 0 saturated heterocycles. The van der Waals surface area contributed by atoms with Gasteiger partial charge in [-0.15, -0.1) is 0 Å². The van der Waals surface area contributed by atoms with Gasteiger partial charge in [0.1, 0.15) is 5.82 Å². The third-order valence-electron chi connectivity index (χ3n) is 3.04. The molecule has 3 N–H and O–H groups in total. The zero-order chi connectivity index (χ0) is 11.0. The van der Waals surface area contributed by atoms with Crippen LogP contribution < -0.4 is 17.0 Å². The van der Waals surface area contributed by atoms with Crippen molar-refractivity contribution in [3.8, 4) is 0 Å². The standard InChI is InChI=1S/C10H15N3O2/c1-6-2-3-7(4-6)13-8(11)5-9(14)12-10(13)15/h5-7H,2-4,11H2,1H3,(H,12,14,15). The second-order valence-corrected chi connectivity index (χ2v) is 4.31. The SMILES string of the molecule is CC1CCC(n2c(N)cc(=O)[nH]c2=O)C1. The molecule has 5 heteroatoms. The summed E-state index contributed by atoms with van der Waals surface area (Å²) in [6.07, 6.45) is 3.02. The van der Waals surface area contributed by atoms with E-state index in [1.54, 1.807) is 0 Å². The fraction of sp³-hybridized carbons (Fsp3) is 0.600. The zero-order valence-corrected chi connectivity index (χ0v) is 8.69. The third kappa shape index (κ3) is 1.82. The van der Waals surface area contributed by atoms with Gasteiger partial charge in [0.05, 0.1) is 0 Å². The highest BCUT2D eigenvalue weighted by molar-refractivity contribution is 5.27. The van der Waals surface area contributed by atoms with Crippen LogP contribution in [0.3, 0.4) is 0 Å². The number of H-pyrrole nitrogens is 1. The first-order chi connectivity index (χ1) is 7.08. The molecule has 1 fully saturated rings. The maximum absolute atomic E-state index is 11.6. The lowest BCUT2D eigenvalue weighted by Gasteiger charge is -2.15. The van der Waals surface area contributed by atoms with Crippen LogP contribution in [0.2, 0.25) is 0 Å². The number of nitrogen functional groups attached to an aromatic ring is 1. The Bertz CT molecular complexity index is 474. The molecule has 2 atom stereocenters. The molecule has 0 aliphatic heterocycles. The van der Waals surface area contributed by atoms with Crippen LogP contribution >= 0.6 is 0 Å². The summed E-state index contributed by atoms with van der Waals surface area (Å²) >= 11 is 0. The fourth-order valence-corrected chi connectivity index (χ4v) is 2.31. The van der Waals surface area contributed by atoms with Crippen molar-refractivity contribution in [2.75, 3.05) is 5.73 Å². The van der Waals surface area contributed by atoms with Crippen molar-refractivity contribution in [1.82, 2.24) is 9.55 Å². The Labute approximate surface area is 86.9 Å². The molecule has 15 heavy (non-hydrogen) atoms. The summed E-state index contributed by atoms with van der Waals surface area (Å²) in [5.74, 6) is 0.885. The molecule has 0 radical (unpaired) electrons. The number of rotatable bonds is 1. The summed E-state index contributed by atoms with van der Waals surface area (Å²) in [6.45, 7) is 2.16. The highest BCUT2D eigenvalue weighted by atomic mass is 16.2. The summed E-state index contributed by atoms with van der Waals surface area (Å²) in [4.78, 5) is 24.8. The Morgan fingerprint density at radius 2 is 2.20 bits per heavy atom. The Hall–Kier alpha value is -1.52. The number of nitrogens with zero attached hydrogens (tertiary/aromatic N) is 1. The maximum Gasteiger partial charge on any atom is 0.330 e. The highest BCUT2D eigenvalue weighted by Crippen LogP contribution is 2.33. The topological polar surface area (TPSA) is 80.9 Å². The van der Waals surface area contributed by atoms with Crippen LogP contribution in [0.15, 0.2) is 15.7 Å². The number of hydrogen-bond acceptors (Lipinski definition) is 3. The van der Waals surface area contributed by atoms with Crippen LogP contribution in [0.1, 0.15) is 32.2 Å². The van der Waals surface area contributed by atoms with Crippen molar-refractivity contribution < 1.29 is 0 Å². The number of aromatic amines is 1. The summed E-state index contributed by atoms with van der Waals surface area (Å²) < 4.78 is 1.50. The number of nitrogens with one attached hydrogen (secondary N) is 1. The smallest absolute Gasteiger partial charge is 0.330 e. The van der Waals surface area contributed by atoms with Crippen molar-refractivity contribution in [3.63, 3.8) is 0 Å². The molecule has 0 aromatic carbocycles. The van der Waals surface area contributed by atoms with E-state index >= 15 is 0 Å². The van der Waals surface area contributed by atoms with Crippen molar-refractivity contribution in [1.29, 1.82) is 0 Å². The van der Waals surface area contributed by atoms with Crippen molar-refractivity contribution >= 4 is 5.82 Å². The second-order valence-electron chi connectivity index (χ2n) is 4.31. The van der Waals surface area contributed by atoms with Gasteiger partial charge in [-0.05, 0) is 25.2 Å². The Balaban J connectivity index is 2.44. The number of nitrogens with two attached hydrogens (primary N) is 1. The molecule has 1 aliphatic carbocycles. The van der Waals surface area contributed by atoms with Gasteiger partial charge in [0.25, 0.3) is 5.56 Å². The minimum absolute atomic E-state index is 0.143. The molecule has 2 rings (SSSR count). The molecule has 1 heterocycles. The number of hydrogen-bond donors (Lipinski definition) is 2. The van der Waals surface area contributed by atoms with Gasteiger partial charge in [-0.3, -0.25) is 14.3 Å². The van der Waals surface area contributed by atoms with Gasteiger partial charge >= 0.3 is 5.69 Å². The average Bonchev–Trinajstić information content (AvgIpc) is 2.49. The normalized spacial score (nSPS) is 25.7. The van der Waals surface area contributed by atoms with Crippen LogP contribution in [0, 0.1) is 5.92 Å². The molecular weight excluding hydrogens is 194 g/mol. The van der Waals surface area contributed by atoms with Gasteiger partial charge in [0.15, 0.2) is 0 Å². The maximum atomic E-state index is 11.6. The van der Waals surface area contributed by atoms with Crippen LogP contribution in [0.4, 0.5) is 5.82 Å². The third-order valence-corrected chi connectivity index (χ3v) is 3.04. The zero-order valence-electron chi connectivity index (χ0n) is 8.69. The lowest BCUT2D eigenvalue weighted by molar-refractivity contribution is 0.477. The van der Waals surface area contributed by atoms with E-state index in [1.807, 2.05) is 0 Å². The van der Waals surface area contributed by atoms with Gasteiger partial charge in [0, 0.05) is 12.1 Å². The largest absolute Gasteiger partial charge is 0.385 e. The van der Waals surface area contributed by atoms with Crippen LogP contribution in [0.25, 0.3) is 0 Å². The minimum Gasteiger partial charge on any atom is -0.385 e.